The van der Waals surface area contributed by atoms with Crippen LogP contribution >= 0.6 is 0 Å². The maximum absolute atomic E-state index is 8.08. The zero-order valence-electron chi connectivity index (χ0n) is 5.66. The van der Waals surface area contributed by atoms with Gasteiger partial charge in [-0.3, -0.25) is 0 Å². The Labute approximate surface area is 62.2 Å². The molecule has 1 unspecified atom stereocenters. The van der Waals surface area contributed by atoms with Crippen molar-refractivity contribution in [1.29, 1.82) is 0 Å². The lowest BCUT2D eigenvalue weighted by Crippen LogP contribution is -2.18. The Hall–Kier alpha value is -1.42. The van der Waals surface area contributed by atoms with Crippen LogP contribution in [0.2, 0.25) is 0 Å². The predicted molar refractivity (Wildman–Crippen MR) is 36.7 cm³/mol. The van der Waals surface area contributed by atoms with Crippen LogP contribution in [0.5, 0.6) is 0 Å². The number of azide groups is 2. The van der Waals surface area contributed by atoms with Crippen LogP contribution in [0.25, 0.3) is 20.9 Å². The molecule has 0 N–H and O–H groups in total. The molecular formula is C4H6N6O. The van der Waals surface area contributed by atoms with E-state index in [1.54, 1.807) is 0 Å². The lowest BCUT2D eigenvalue weighted by atomic mass is 10.2. The van der Waals surface area contributed by atoms with E-state index in [2.05, 4.69) is 20.1 Å². The lowest BCUT2D eigenvalue weighted by molar-refractivity contribution is 0.191. The smallest absolute Gasteiger partial charge is 0.0714 e. The number of hydrogen-bond acceptors (Lipinski definition) is 3. The molecule has 0 aromatic rings. The minimum Gasteiger partial charge on any atom is -0.381 e. The van der Waals surface area contributed by atoms with Crippen molar-refractivity contribution in [1.82, 2.24) is 0 Å². The fourth-order valence-corrected chi connectivity index (χ4v) is 0.885. The predicted octanol–water partition coefficient (Wildman–Crippen LogP) is 1.37. The normalized spacial score (nSPS) is 28.7. The van der Waals surface area contributed by atoms with E-state index in [4.69, 9.17) is 15.8 Å². The third-order valence-corrected chi connectivity index (χ3v) is 1.42. The molecular weight excluding hydrogens is 148 g/mol. The van der Waals surface area contributed by atoms with Crippen molar-refractivity contribution < 1.29 is 4.74 Å². The van der Waals surface area contributed by atoms with Gasteiger partial charge in [0.05, 0.1) is 25.3 Å². The van der Waals surface area contributed by atoms with Gasteiger partial charge in [-0.1, -0.05) is 10.2 Å². The highest BCUT2D eigenvalue weighted by Gasteiger charge is 2.25. The summed E-state index contributed by atoms with van der Waals surface area (Å²) in [5.41, 5.74) is 16.2. The van der Waals surface area contributed by atoms with Gasteiger partial charge < -0.3 is 4.74 Å². The van der Waals surface area contributed by atoms with Gasteiger partial charge in [-0.05, 0) is 11.1 Å². The van der Waals surface area contributed by atoms with Crippen molar-refractivity contribution in [3.63, 3.8) is 0 Å². The molecule has 1 heterocycles. The zero-order valence-corrected chi connectivity index (χ0v) is 5.66. The third kappa shape index (κ3) is 1.75. The van der Waals surface area contributed by atoms with Crippen LogP contribution in [0.4, 0.5) is 0 Å². The summed E-state index contributed by atoms with van der Waals surface area (Å²) in [7, 11) is 0. The van der Waals surface area contributed by atoms with Crippen LogP contribution in [0.15, 0.2) is 10.2 Å². The minimum absolute atomic E-state index is 0.337. The van der Waals surface area contributed by atoms with E-state index < -0.39 is 0 Å². The van der Waals surface area contributed by atoms with E-state index in [1.807, 2.05) is 0 Å². The molecule has 1 saturated heterocycles. The number of hydrogen-bond donors (Lipinski definition) is 0. The average molecular weight is 154 g/mol. The highest BCUT2D eigenvalue weighted by Crippen LogP contribution is 2.13. The molecule has 0 amide bonds. The Morgan fingerprint density at radius 1 is 1.09 bits per heavy atom. The first kappa shape index (κ1) is 7.68. The molecule has 0 radical (unpaired) electrons. The third-order valence-electron chi connectivity index (χ3n) is 1.42. The van der Waals surface area contributed by atoms with Crippen molar-refractivity contribution in [2.75, 3.05) is 13.2 Å². The van der Waals surface area contributed by atoms with Gasteiger partial charge in [0.2, 0.25) is 0 Å². The molecule has 0 aromatic carbocycles. The van der Waals surface area contributed by atoms with E-state index in [9.17, 15) is 0 Å². The number of rotatable bonds is 2. The summed E-state index contributed by atoms with van der Waals surface area (Å²) in [4.78, 5) is 5.22. The van der Waals surface area contributed by atoms with Gasteiger partial charge in [-0.2, -0.15) is 0 Å². The first-order chi connectivity index (χ1) is 5.38. The van der Waals surface area contributed by atoms with Crippen LogP contribution in [-0.2, 0) is 4.74 Å². The first-order valence-corrected chi connectivity index (χ1v) is 3.04. The summed E-state index contributed by atoms with van der Waals surface area (Å²) in [6.07, 6.45) is 0. The lowest BCUT2D eigenvalue weighted by Gasteiger charge is -2.02. The highest BCUT2D eigenvalue weighted by molar-refractivity contribution is 4.87. The van der Waals surface area contributed by atoms with Gasteiger partial charge in [-0.15, -0.1) is 0 Å². The molecule has 0 saturated carbocycles. The molecule has 0 bridgehead atoms. The average Bonchev–Trinajstić information content (AvgIpc) is 2.39. The molecule has 0 spiro atoms. The van der Waals surface area contributed by atoms with Gasteiger partial charge in [0.1, 0.15) is 0 Å². The molecule has 2 atom stereocenters. The standard InChI is InChI=1S/C4H6N6O/c5-9-7-3-1-11-2-4(3)8-10-6/h3-4H,1-2H2/t3-,4?/m1/s1. The number of nitrogens with zero attached hydrogens (tertiary/aromatic N) is 6. The Kier molecular flexibility index (Phi) is 2.57. The van der Waals surface area contributed by atoms with Crippen molar-refractivity contribution in [3.8, 4) is 0 Å². The maximum Gasteiger partial charge on any atom is 0.0714 e. The molecule has 0 aromatic heterocycles. The zero-order chi connectivity index (χ0) is 8.10. The molecule has 11 heavy (non-hydrogen) atoms. The molecule has 7 nitrogen and oxygen atoms in total. The Morgan fingerprint density at radius 2 is 1.55 bits per heavy atom. The maximum atomic E-state index is 8.08. The quantitative estimate of drug-likeness (QED) is 0.334. The Balaban J connectivity index is 2.64. The summed E-state index contributed by atoms with van der Waals surface area (Å²) in [6.45, 7) is 0.682. The van der Waals surface area contributed by atoms with Crippen LogP contribution < -0.4 is 0 Å². The molecule has 1 aliphatic rings. The SMILES string of the molecule is [N-]=[N+]=NC1COC[C@H]1N=[N+]=[N-]. The summed E-state index contributed by atoms with van der Waals surface area (Å²) in [6, 6.07) is -0.674. The van der Waals surface area contributed by atoms with Crippen molar-refractivity contribution >= 4 is 0 Å². The van der Waals surface area contributed by atoms with Gasteiger partial charge in [0, 0.05) is 9.82 Å². The van der Waals surface area contributed by atoms with Crippen molar-refractivity contribution in [2.24, 2.45) is 10.2 Å². The topological polar surface area (TPSA) is 107 Å². The fourth-order valence-electron chi connectivity index (χ4n) is 0.885. The van der Waals surface area contributed by atoms with E-state index >= 15 is 0 Å². The second-order valence-electron chi connectivity index (χ2n) is 2.08. The summed E-state index contributed by atoms with van der Waals surface area (Å²) < 4.78 is 4.95. The van der Waals surface area contributed by atoms with Gasteiger partial charge in [0.25, 0.3) is 0 Å². The van der Waals surface area contributed by atoms with E-state index in [1.165, 1.54) is 0 Å². The van der Waals surface area contributed by atoms with E-state index in [-0.39, 0.29) is 12.1 Å². The molecule has 7 heteroatoms. The molecule has 0 aliphatic carbocycles. The van der Waals surface area contributed by atoms with Gasteiger partial charge in [0.15, 0.2) is 0 Å². The van der Waals surface area contributed by atoms with E-state index in [0.717, 1.165) is 0 Å². The second kappa shape index (κ2) is 3.68. The Morgan fingerprint density at radius 3 is 1.91 bits per heavy atom. The van der Waals surface area contributed by atoms with Crippen LogP contribution in [0.3, 0.4) is 0 Å². The monoisotopic (exact) mass is 154 g/mol. The summed E-state index contributed by atoms with van der Waals surface area (Å²) in [5.74, 6) is 0. The largest absolute Gasteiger partial charge is 0.381 e. The Bertz CT molecular complexity index is 203. The molecule has 1 aliphatic heterocycles. The highest BCUT2D eigenvalue weighted by atomic mass is 16.5. The molecule has 1 fully saturated rings. The molecule has 58 valence electrons. The first-order valence-electron chi connectivity index (χ1n) is 3.04. The number of ether oxygens (including phenoxy) is 1. The van der Waals surface area contributed by atoms with Crippen LogP contribution in [0, 0.1) is 0 Å². The molecule has 1 rings (SSSR count). The van der Waals surface area contributed by atoms with Crippen molar-refractivity contribution in [3.05, 3.63) is 20.9 Å². The second-order valence-corrected chi connectivity index (χ2v) is 2.08. The van der Waals surface area contributed by atoms with Gasteiger partial charge >= 0.3 is 0 Å². The minimum atomic E-state index is -0.337. The van der Waals surface area contributed by atoms with Gasteiger partial charge in [-0.25, -0.2) is 0 Å². The van der Waals surface area contributed by atoms with Crippen LogP contribution in [-0.4, -0.2) is 25.3 Å². The summed E-state index contributed by atoms with van der Waals surface area (Å²) in [5, 5.41) is 6.83. The van der Waals surface area contributed by atoms with E-state index in [0.29, 0.717) is 13.2 Å². The summed E-state index contributed by atoms with van der Waals surface area (Å²) >= 11 is 0. The fraction of sp³-hybridized carbons (Fsp3) is 1.00. The van der Waals surface area contributed by atoms with Crippen molar-refractivity contribution in [2.45, 2.75) is 12.1 Å². The van der Waals surface area contributed by atoms with Crippen LogP contribution in [0.1, 0.15) is 0 Å².